The molecule has 6 nitrogen and oxygen atoms in total. The van der Waals surface area contributed by atoms with Gasteiger partial charge in [0.1, 0.15) is 6.10 Å². The molecule has 1 amide bonds. The summed E-state index contributed by atoms with van der Waals surface area (Å²) in [7, 11) is 0. The van der Waals surface area contributed by atoms with Gasteiger partial charge in [0.15, 0.2) is 0 Å². The quantitative estimate of drug-likeness (QED) is 0.926. The fourth-order valence-corrected chi connectivity index (χ4v) is 3.64. The van der Waals surface area contributed by atoms with Crippen molar-refractivity contribution in [3.63, 3.8) is 0 Å². The number of nitrogens with zero attached hydrogens (tertiary/aromatic N) is 2. The van der Waals surface area contributed by atoms with Gasteiger partial charge in [0.05, 0.1) is 29.9 Å². The van der Waals surface area contributed by atoms with E-state index in [0.717, 1.165) is 36.4 Å². The van der Waals surface area contributed by atoms with Crippen LogP contribution in [0.5, 0.6) is 0 Å². The van der Waals surface area contributed by atoms with Crippen LogP contribution in [0, 0.1) is 12.8 Å². The second-order valence-corrected chi connectivity index (χ2v) is 6.71. The average Bonchev–Trinajstić information content (AvgIpc) is 3.36. The molecule has 0 aliphatic carbocycles. The maximum Gasteiger partial charge on any atom is 0.226 e. The molecule has 4 rings (SSSR count). The zero-order valence-corrected chi connectivity index (χ0v) is 14.4. The van der Waals surface area contributed by atoms with Crippen LogP contribution in [0.4, 0.5) is 0 Å². The van der Waals surface area contributed by atoms with Crippen LogP contribution in [0.1, 0.15) is 30.2 Å². The topological polar surface area (TPSA) is 65.4 Å². The fourth-order valence-electron chi connectivity index (χ4n) is 3.64. The SMILES string of the molecule is Cc1ccccc1-n1nccc1[C@H]1OCC[C@@H]1C(=O)N[C@@H]1CCOC1. The van der Waals surface area contributed by atoms with Gasteiger partial charge >= 0.3 is 0 Å². The Morgan fingerprint density at radius 2 is 2.12 bits per heavy atom. The summed E-state index contributed by atoms with van der Waals surface area (Å²) in [6, 6.07) is 10.2. The molecule has 1 N–H and O–H groups in total. The van der Waals surface area contributed by atoms with Gasteiger partial charge in [-0.3, -0.25) is 4.79 Å². The average molecular weight is 341 g/mol. The van der Waals surface area contributed by atoms with Gasteiger partial charge in [-0.15, -0.1) is 0 Å². The molecule has 0 bridgehead atoms. The molecule has 25 heavy (non-hydrogen) atoms. The molecule has 2 saturated heterocycles. The monoisotopic (exact) mass is 341 g/mol. The van der Waals surface area contributed by atoms with E-state index < -0.39 is 0 Å². The lowest BCUT2D eigenvalue weighted by Gasteiger charge is -2.21. The van der Waals surface area contributed by atoms with Gasteiger partial charge in [0, 0.05) is 19.4 Å². The third-order valence-electron chi connectivity index (χ3n) is 5.01. The molecule has 1 aromatic carbocycles. The lowest BCUT2D eigenvalue weighted by atomic mass is 9.97. The van der Waals surface area contributed by atoms with Gasteiger partial charge in [0.25, 0.3) is 0 Å². The molecule has 2 aliphatic heterocycles. The number of ether oxygens (including phenoxy) is 2. The normalized spacial score (nSPS) is 26.0. The Hall–Kier alpha value is -2.18. The molecule has 3 atom stereocenters. The molecule has 0 unspecified atom stereocenters. The van der Waals surface area contributed by atoms with Crippen molar-refractivity contribution in [3.05, 3.63) is 47.8 Å². The second kappa shape index (κ2) is 6.98. The van der Waals surface area contributed by atoms with Crippen LogP contribution in [-0.2, 0) is 14.3 Å². The number of amides is 1. The predicted molar refractivity (Wildman–Crippen MR) is 92.5 cm³/mol. The third-order valence-corrected chi connectivity index (χ3v) is 5.01. The number of rotatable bonds is 4. The van der Waals surface area contributed by atoms with Gasteiger partial charge in [-0.25, -0.2) is 4.68 Å². The van der Waals surface area contributed by atoms with E-state index in [1.807, 2.05) is 28.9 Å². The smallest absolute Gasteiger partial charge is 0.226 e. The van der Waals surface area contributed by atoms with Crippen molar-refractivity contribution in [1.82, 2.24) is 15.1 Å². The number of aromatic nitrogens is 2. The summed E-state index contributed by atoms with van der Waals surface area (Å²) in [6.45, 7) is 3.96. The molecule has 0 spiro atoms. The second-order valence-electron chi connectivity index (χ2n) is 6.71. The standard InChI is InChI=1S/C19H23N3O3/c1-13-4-2-3-5-16(13)22-17(6-9-20-22)18-15(8-11-25-18)19(23)21-14-7-10-24-12-14/h2-6,9,14-15,18H,7-8,10-12H2,1H3,(H,21,23)/t14-,15+,18+/m1/s1. The third kappa shape index (κ3) is 3.19. The Balaban J connectivity index is 1.58. The van der Waals surface area contributed by atoms with Crippen LogP contribution in [0.3, 0.4) is 0 Å². The van der Waals surface area contributed by atoms with Crippen molar-refractivity contribution in [3.8, 4) is 5.69 Å². The number of benzene rings is 1. The Morgan fingerprint density at radius 3 is 2.92 bits per heavy atom. The van der Waals surface area contributed by atoms with Gasteiger partial charge in [-0.1, -0.05) is 18.2 Å². The molecule has 132 valence electrons. The van der Waals surface area contributed by atoms with E-state index in [1.165, 1.54) is 0 Å². The largest absolute Gasteiger partial charge is 0.379 e. The summed E-state index contributed by atoms with van der Waals surface area (Å²) in [5.74, 6) is -0.143. The number of aryl methyl sites for hydroxylation is 1. The molecular formula is C19H23N3O3. The minimum atomic E-state index is -0.274. The lowest BCUT2D eigenvalue weighted by Crippen LogP contribution is -2.40. The Kier molecular flexibility index (Phi) is 4.55. The summed E-state index contributed by atoms with van der Waals surface area (Å²) in [5.41, 5.74) is 3.07. The minimum Gasteiger partial charge on any atom is -0.379 e. The zero-order chi connectivity index (χ0) is 17.2. The number of hydrogen-bond acceptors (Lipinski definition) is 4. The highest BCUT2D eigenvalue weighted by Gasteiger charge is 2.38. The summed E-state index contributed by atoms with van der Waals surface area (Å²) >= 11 is 0. The number of carbonyl (C=O) groups excluding carboxylic acids is 1. The van der Waals surface area contributed by atoms with E-state index in [1.54, 1.807) is 6.20 Å². The van der Waals surface area contributed by atoms with Crippen molar-refractivity contribution in [2.75, 3.05) is 19.8 Å². The first-order chi connectivity index (χ1) is 12.2. The van der Waals surface area contributed by atoms with Crippen molar-refractivity contribution in [1.29, 1.82) is 0 Å². The van der Waals surface area contributed by atoms with Crippen LogP contribution in [0.2, 0.25) is 0 Å². The highest BCUT2D eigenvalue weighted by Crippen LogP contribution is 2.36. The number of nitrogens with one attached hydrogen (secondary N) is 1. The van der Waals surface area contributed by atoms with Gasteiger partial charge in [0.2, 0.25) is 5.91 Å². The van der Waals surface area contributed by atoms with Gasteiger partial charge in [-0.2, -0.15) is 5.10 Å². The van der Waals surface area contributed by atoms with Crippen molar-refractivity contribution < 1.29 is 14.3 Å². The van der Waals surface area contributed by atoms with E-state index in [2.05, 4.69) is 23.4 Å². The molecule has 2 aliphatic rings. The molecule has 6 heteroatoms. The van der Waals surface area contributed by atoms with Crippen LogP contribution < -0.4 is 5.32 Å². The summed E-state index contributed by atoms with van der Waals surface area (Å²) in [6.07, 6.45) is 3.10. The Morgan fingerprint density at radius 1 is 1.24 bits per heavy atom. The van der Waals surface area contributed by atoms with E-state index in [9.17, 15) is 4.79 Å². The Bertz CT molecular complexity index is 752. The van der Waals surface area contributed by atoms with E-state index in [0.29, 0.717) is 13.2 Å². The van der Waals surface area contributed by atoms with Crippen LogP contribution in [0.25, 0.3) is 5.69 Å². The zero-order valence-electron chi connectivity index (χ0n) is 14.4. The molecule has 3 heterocycles. The van der Waals surface area contributed by atoms with Crippen molar-refractivity contribution >= 4 is 5.91 Å². The van der Waals surface area contributed by atoms with E-state index in [-0.39, 0.29) is 24.0 Å². The van der Waals surface area contributed by atoms with Crippen LogP contribution in [0.15, 0.2) is 36.5 Å². The van der Waals surface area contributed by atoms with E-state index >= 15 is 0 Å². The minimum absolute atomic E-state index is 0.0514. The molecule has 1 aromatic heterocycles. The van der Waals surface area contributed by atoms with E-state index in [4.69, 9.17) is 9.47 Å². The molecule has 0 saturated carbocycles. The molecule has 0 radical (unpaired) electrons. The Labute approximate surface area is 147 Å². The van der Waals surface area contributed by atoms with Gasteiger partial charge < -0.3 is 14.8 Å². The number of para-hydroxylation sites is 1. The lowest BCUT2D eigenvalue weighted by molar-refractivity contribution is -0.127. The first-order valence-corrected chi connectivity index (χ1v) is 8.83. The maximum atomic E-state index is 12.7. The summed E-state index contributed by atoms with van der Waals surface area (Å²) in [5, 5.41) is 7.58. The molecular weight excluding hydrogens is 318 g/mol. The maximum absolute atomic E-state index is 12.7. The number of hydrogen-bond donors (Lipinski definition) is 1. The predicted octanol–water partition coefficient (Wildman–Crippen LogP) is 2.16. The highest BCUT2D eigenvalue weighted by molar-refractivity contribution is 5.80. The van der Waals surface area contributed by atoms with Crippen LogP contribution >= 0.6 is 0 Å². The molecule has 2 fully saturated rings. The first kappa shape index (κ1) is 16.3. The first-order valence-electron chi connectivity index (χ1n) is 8.83. The highest BCUT2D eigenvalue weighted by atomic mass is 16.5. The van der Waals surface area contributed by atoms with Gasteiger partial charge in [-0.05, 0) is 37.5 Å². The van der Waals surface area contributed by atoms with Crippen LogP contribution in [-0.4, -0.2) is 41.6 Å². The van der Waals surface area contributed by atoms with Crippen molar-refractivity contribution in [2.45, 2.75) is 31.9 Å². The fraction of sp³-hybridized carbons (Fsp3) is 0.474. The summed E-state index contributed by atoms with van der Waals surface area (Å²) in [4.78, 5) is 12.7. The number of carbonyl (C=O) groups is 1. The summed E-state index contributed by atoms with van der Waals surface area (Å²) < 4.78 is 13.2. The molecule has 2 aromatic rings. The van der Waals surface area contributed by atoms with Crippen molar-refractivity contribution in [2.24, 2.45) is 5.92 Å².